The van der Waals surface area contributed by atoms with Gasteiger partial charge >= 0.3 is 0 Å². The van der Waals surface area contributed by atoms with Crippen LogP contribution in [-0.2, 0) is 4.79 Å². The first-order valence-corrected chi connectivity index (χ1v) is 10.4. The van der Waals surface area contributed by atoms with Gasteiger partial charge in [0.1, 0.15) is 0 Å². The SMILES string of the molecule is C/C(=N/NC(=O)CSc1nc2ccccc2s1)c1ccc(-n2ccnc2)cc1. The molecule has 0 fully saturated rings. The van der Waals surface area contributed by atoms with Crippen molar-refractivity contribution in [1.82, 2.24) is 20.0 Å². The molecule has 0 unspecified atom stereocenters. The number of para-hydroxylation sites is 1. The van der Waals surface area contributed by atoms with Crippen LogP contribution in [0, 0.1) is 0 Å². The Bertz CT molecular complexity index is 1080. The standard InChI is InChI=1S/C20H17N5OS2/c1-14(15-6-8-16(9-7-15)25-11-10-21-13-25)23-24-19(26)12-27-20-22-17-4-2-3-5-18(17)28-20/h2-11,13H,12H2,1H3,(H,24,26)/b23-14-. The molecule has 140 valence electrons. The fraction of sp³-hybridized carbons (Fsp3) is 0.100. The minimum absolute atomic E-state index is 0.154. The lowest BCUT2D eigenvalue weighted by Crippen LogP contribution is -2.21. The maximum Gasteiger partial charge on any atom is 0.250 e. The predicted molar refractivity (Wildman–Crippen MR) is 114 cm³/mol. The Balaban J connectivity index is 1.33. The molecule has 2 aromatic heterocycles. The van der Waals surface area contributed by atoms with E-state index in [1.165, 1.54) is 11.8 Å². The minimum Gasteiger partial charge on any atom is -0.306 e. The predicted octanol–water partition coefficient (Wildman–Crippen LogP) is 4.11. The number of carbonyl (C=O) groups is 1. The Morgan fingerprint density at radius 3 is 2.79 bits per heavy atom. The van der Waals surface area contributed by atoms with Crippen molar-refractivity contribution in [3.8, 4) is 5.69 Å². The van der Waals surface area contributed by atoms with E-state index in [-0.39, 0.29) is 11.7 Å². The van der Waals surface area contributed by atoms with Crippen molar-refractivity contribution in [2.24, 2.45) is 5.10 Å². The summed E-state index contributed by atoms with van der Waals surface area (Å²) in [5.74, 6) is 0.120. The lowest BCUT2D eigenvalue weighted by atomic mass is 10.1. The van der Waals surface area contributed by atoms with Crippen LogP contribution in [0.3, 0.4) is 0 Å². The molecular weight excluding hydrogens is 390 g/mol. The van der Waals surface area contributed by atoms with Crippen LogP contribution in [0.25, 0.3) is 15.9 Å². The van der Waals surface area contributed by atoms with Gasteiger partial charge < -0.3 is 4.57 Å². The summed E-state index contributed by atoms with van der Waals surface area (Å²) in [5, 5.41) is 4.21. The van der Waals surface area contributed by atoms with E-state index in [0.29, 0.717) is 0 Å². The highest BCUT2D eigenvalue weighted by molar-refractivity contribution is 8.01. The molecule has 4 aromatic rings. The van der Waals surface area contributed by atoms with Gasteiger partial charge in [-0.25, -0.2) is 15.4 Å². The number of hydrogen-bond donors (Lipinski definition) is 1. The molecule has 2 aromatic carbocycles. The van der Waals surface area contributed by atoms with E-state index < -0.39 is 0 Å². The number of fused-ring (bicyclic) bond motifs is 1. The van der Waals surface area contributed by atoms with Crippen LogP contribution in [0.1, 0.15) is 12.5 Å². The third-order valence-electron chi connectivity index (χ3n) is 4.04. The maximum atomic E-state index is 12.1. The van der Waals surface area contributed by atoms with Gasteiger partial charge in [0.05, 0.1) is 28.0 Å². The van der Waals surface area contributed by atoms with Gasteiger partial charge in [0.15, 0.2) is 4.34 Å². The van der Waals surface area contributed by atoms with Crippen molar-refractivity contribution in [2.45, 2.75) is 11.3 Å². The molecule has 8 heteroatoms. The summed E-state index contributed by atoms with van der Waals surface area (Å²) in [7, 11) is 0. The molecule has 0 bridgehead atoms. The van der Waals surface area contributed by atoms with Gasteiger partial charge in [0, 0.05) is 18.1 Å². The van der Waals surface area contributed by atoms with E-state index in [1.54, 1.807) is 23.9 Å². The summed E-state index contributed by atoms with van der Waals surface area (Å²) in [4.78, 5) is 20.7. The van der Waals surface area contributed by atoms with Gasteiger partial charge in [-0.3, -0.25) is 4.79 Å². The molecule has 0 atom stereocenters. The van der Waals surface area contributed by atoms with E-state index in [2.05, 4.69) is 20.5 Å². The number of thiazole rings is 1. The number of rotatable bonds is 6. The third kappa shape index (κ3) is 4.29. The van der Waals surface area contributed by atoms with Crippen LogP contribution in [0.15, 0.2) is 76.7 Å². The van der Waals surface area contributed by atoms with Crippen molar-refractivity contribution in [3.05, 3.63) is 72.8 Å². The number of hydrogen-bond acceptors (Lipinski definition) is 6. The molecule has 6 nitrogen and oxygen atoms in total. The van der Waals surface area contributed by atoms with Crippen molar-refractivity contribution in [1.29, 1.82) is 0 Å². The topological polar surface area (TPSA) is 72.2 Å². The molecule has 1 amide bonds. The van der Waals surface area contributed by atoms with E-state index in [1.807, 2.05) is 66.2 Å². The normalized spacial score (nSPS) is 11.7. The number of benzene rings is 2. The Labute approximate surface area is 170 Å². The van der Waals surface area contributed by atoms with Gasteiger partial charge in [-0.1, -0.05) is 36.0 Å². The molecule has 0 aliphatic rings. The summed E-state index contributed by atoms with van der Waals surface area (Å²) in [6.45, 7) is 1.87. The van der Waals surface area contributed by atoms with E-state index in [9.17, 15) is 4.79 Å². The molecule has 0 saturated heterocycles. The highest BCUT2D eigenvalue weighted by Gasteiger charge is 2.07. The fourth-order valence-corrected chi connectivity index (χ4v) is 4.43. The van der Waals surface area contributed by atoms with Crippen molar-refractivity contribution in [3.63, 3.8) is 0 Å². The van der Waals surface area contributed by atoms with Crippen LogP contribution >= 0.6 is 23.1 Å². The first-order valence-electron chi connectivity index (χ1n) is 8.59. The van der Waals surface area contributed by atoms with E-state index in [0.717, 1.165) is 31.5 Å². The largest absolute Gasteiger partial charge is 0.306 e. The zero-order valence-corrected chi connectivity index (χ0v) is 16.7. The Kier molecular flexibility index (Phi) is 5.50. The molecule has 28 heavy (non-hydrogen) atoms. The molecular formula is C20H17N5OS2. The number of aromatic nitrogens is 3. The highest BCUT2D eigenvalue weighted by Crippen LogP contribution is 2.29. The number of hydrazone groups is 1. The second-order valence-corrected chi connectivity index (χ2v) is 8.24. The van der Waals surface area contributed by atoms with Gasteiger partial charge in [-0.15, -0.1) is 11.3 Å². The maximum absolute atomic E-state index is 12.1. The monoisotopic (exact) mass is 407 g/mol. The zero-order chi connectivity index (χ0) is 19.3. The number of amides is 1. The molecule has 0 aliphatic carbocycles. The Morgan fingerprint density at radius 1 is 1.21 bits per heavy atom. The summed E-state index contributed by atoms with van der Waals surface area (Å²) >= 11 is 3.01. The fourth-order valence-electron chi connectivity index (χ4n) is 2.57. The summed E-state index contributed by atoms with van der Waals surface area (Å²) in [6.07, 6.45) is 5.38. The number of nitrogens with zero attached hydrogens (tertiary/aromatic N) is 4. The van der Waals surface area contributed by atoms with Gasteiger partial charge in [-0.2, -0.15) is 5.10 Å². The smallest absolute Gasteiger partial charge is 0.250 e. The first-order chi connectivity index (χ1) is 13.7. The molecule has 4 rings (SSSR count). The lowest BCUT2D eigenvalue weighted by Gasteiger charge is -2.05. The van der Waals surface area contributed by atoms with Crippen LogP contribution in [0.2, 0.25) is 0 Å². The van der Waals surface area contributed by atoms with Crippen molar-refractivity contribution < 1.29 is 4.79 Å². The van der Waals surface area contributed by atoms with Crippen molar-refractivity contribution in [2.75, 3.05) is 5.75 Å². The van der Waals surface area contributed by atoms with E-state index >= 15 is 0 Å². The Hall–Kier alpha value is -2.97. The second-order valence-electron chi connectivity index (χ2n) is 5.99. The van der Waals surface area contributed by atoms with Gasteiger partial charge in [-0.05, 0) is 36.8 Å². The number of thioether (sulfide) groups is 1. The van der Waals surface area contributed by atoms with Gasteiger partial charge in [0.25, 0.3) is 5.91 Å². The highest BCUT2D eigenvalue weighted by atomic mass is 32.2. The minimum atomic E-state index is -0.154. The quantitative estimate of drug-likeness (QED) is 0.297. The lowest BCUT2D eigenvalue weighted by molar-refractivity contribution is -0.118. The first kappa shape index (κ1) is 18.4. The number of imidazole rings is 1. The second kappa shape index (κ2) is 8.37. The number of nitrogens with one attached hydrogen (secondary N) is 1. The molecule has 1 N–H and O–H groups in total. The van der Waals surface area contributed by atoms with Crippen LogP contribution in [0.4, 0.5) is 0 Å². The molecule has 0 aliphatic heterocycles. The van der Waals surface area contributed by atoms with Crippen molar-refractivity contribution >= 4 is 44.9 Å². The summed E-state index contributed by atoms with van der Waals surface area (Å²) in [6, 6.07) is 15.9. The van der Waals surface area contributed by atoms with Gasteiger partial charge in [0.2, 0.25) is 0 Å². The molecule has 2 heterocycles. The average Bonchev–Trinajstić information content (AvgIpc) is 3.40. The van der Waals surface area contributed by atoms with E-state index in [4.69, 9.17) is 0 Å². The number of carbonyl (C=O) groups excluding carboxylic acids is 1. The van der Waals surface area contributed by atoms with Crippen LogP contribution in [-0.4, -0.2) is 31.9 Å². The summed E-state index contributed by atoms with van der Waals surface area (Å²) in [5.41, 5.74) is 6.29. The molecule has 0 spiro atoms. The average molecular weight is 408 g/mol. The zero-order valence-electron chi connectivity index (χ0n) is 15.1. The van der Waals surface area contributed by atoms with Crippen LogP contribution in [0.5, 0.6) is 0 Å². The van der Waals surface area contributed by atoms with Crippen LogP contribution < -0.4 is 5.43 Å². The molecule has 0 radical (unpaired) electrons. The summed E-state index contributed by atoms with van der Waals surface area (Å²) < 4.78 is 3.93. The molecule has 0 saturated carbocycles. The Morgan fingerprint density at radius 2 is 2.04 bits per heavy atom. The third-order valence-corrected chi connectivity index (χ3v) is 6.22.